The Morgan fingerprint density at radius 1 is 1.22 bits per heavy atom. The average Bonchev–Trinajstić information content (AvgIpc) is 2.72. The van der Waals surface area contributed by atoms with Crippen LogP contribution in [0.25, 0.3) is 0 Å². The van der Waals surface area contributed by atoms with E-state index in [0.717, 1.165) is 10.5 Å². The number of nitrogens with zero attached hydrogens (tertiary/aromatic N) is 1. The Morgan fingerprint density at radius 2 is 1.87 bits per heavy atom. The lowest BCUT2D eigenvalue weighted by atomic mass is 10.1. The summed E-state index contributed by atoms with van der Waals surface area (Å²) in [5, 5.41) is 2.62. The highest BCUT2D eigenvalue weighted by molar-refractivity contribution is 6.06. The van der Waals surface area contributed by atoms with Gasteiger partial charge in [-0.05, 0) is 39.2 Å². The van der Waals surface area contributed by atoms with Gasteiger partial charge in [0.05, 0.1) is 0 Å². The summed E-state index contributed by atoms with van der Waals surface area (Å²) in [6, 6.07) is 8.59. The molecule has 0 bridgehead atoms. The molecule has 1 saturated heterocycles. The number of amides is 3. The van der Waals surface area contributed by atoms with Gasteiger partial charge in [0.2, 0.25) is 0 Å². The third-order valence-corrected chi connectivity index (χ3v) is 3.38. The van der Waals surface area contributed by atoms with Crippen LogP contribution in [0.5, 0.6) is 0 Å². The molecule has 1 aromatic carbocycles. The van der Waals surface area contributed by atoms with E-state index in [-0.39, 0.29) is 12.5 Å². The molecule has 6 nitrogen and oxygen atoms in total. The van der Waals surface area contributed by atoms with Crippen LogP contribution in [0.2, 0.25) is 0 Å². The van der Waals surface area contributed by atoms with E-state index < -0.39 is 23.6 Å². The SMILES string of the molecule is CC(C)(C)OC(=O)CN1C(=O)N[C@H](CCc2ccccc2)C1=O. The summed E-state index contributed by atoms with van der Waals surface area (Å²) in [5.74, 6) is -0.971. The topological polar surface area (TPSA) is 75.7 Å². The van der Waals surface area contributed by atoms with Crippen molar-refractivity contribution in [2.24, 2.45) is 0 Å². The summed E-state index contributed by atoms with van der Waals surface area (Å²) in [6.45, 7) is 4.85. The number of hydrogen-bond acceptors (Lipinski definition) is 4. The van der Waals surface area contributed by atoms with Gasteiger partial charge in [-0.25, -0.2) is 4.79 Å². The first-order valence-electron chi connectivity index (χ1n) is 7.64. The van der Waals surface area contributed by atoms with Crippen molar-refractivity contribution in [3.8, 4) is 0 Å². The zero-order valence-electron chi connectivity index (χ0n) is 13.7. The van der Waals surface area contributed by atoms with Crippen LogP contribution < -0.4 is 5.32 Å². The summed E-state index contributed by atoms with van der Waals surface area (Å²) >= 11 is 0. The second kappa shape index (κ2) is 6.81. The Labute approximate surface area is 135 Å². The van der Waals surface area contributed by atoms with Crippen molar-refractivity contribution in [2.45, 2.75) is 45.3 Å². The van der Waals surface area contributed by atoms with Crippen LogP contribution in [0, 0.1) is 0 Å². The summed E-state index contributed by atoms with van der Waals surface area (Å²) in [4.78, 5) is 36.9. The number of ether oxygens (including phenoxy) is 1. The van der Waals surface area contributed by atoms with Crippen molar-refractivity contribution in [1.82, 2.24) is 10.2 Å². The minimum Gasteiger partial charge on any atom is -0.459 e. The molecule has 23 heavy (non-hydrogen) atoms. The van der Waals surface area contributed by atoms with E-state index in [9.17, 15) is 14.4 Å². The number of esters is 1. The maximum absolute atomic E-state index is 12.3. The normalized spacial score (nSPS) is 18.0. The molecule has 1 heterocycles. The first kappa shape index (κ1) is 17.0. The number of aryl methyl sites for hydroxylation is 1. The van der Waals surface area contributed by atoms with Crippen molar-refractivity contribution < 1.29 is 19.1 Å². The molecule has 0 aliphatic carbocycles. The largest absolute Gasteiger partial charge is 0.459 e. The van der Waals surface area contributed by atoms with Gasteiger partial charge < -0.3 is 10.1 Å². The molecule has 1 fully saturated rings. The minimum absolute atomic E-state index is 0.357. The summed E-state index contributed by atoms with van der Waals surface area (Å²) in [5.41, 5.74) is 0.448. The van der Waals surface area contributed by atoms with Crippen molar-refractivity contribution in [1.29, 1.82) is 0 Å². The summed E-state index contributed by atoms with van der Waals surface area (Å²) < 4.78 is 5.15. The molecule has 6 heteroatoms. The highest BCUT2D eigenvalue weighted by Gasteiger charge is 2.39. The van der Waals surface area contributed by atoms with Crippen LogP contribution in [-0.2, 0) is 20.7 Å². The summed E-state index contributed by atoms with van der Waals surface area (Å²) in [7, 11) is 0. The third-order valence-electron chi connectivity index (χ3n) is 3.38. The lowest BCUT2D eigenvalue weighted by Gasteiger charge is -2.21. The van der Waals surface area contributed by atoms with Gasteiger partial charge in [0.1, 0.15) is 18.2 Å². The van der Waals surface area contributed by atoms with Gasteiger partial charge in [0.15, 0.2) is 0 Å². The van der Waals surface area contributed by atoms with E-state index in [0.29, 0.717) is 12.8 Å². The first-order chi connectivity index (χ1) is 10.8. The number of benzene rings is 1. The molecule has 1 aliphatic rings. The van der Waals surface area contributed by atoms with Crippen molar-refractivity contribution in [3.05, 3.63) is 35.9 Å². The Bertz CT molecular complexity index is 592. The van der Waals surface area contributed by atoms with Gasteiger partial charge in [-0.15, -0.1) is 0 Å². The molecular weight excluding hydrogens is 296 g/mol. The molecule has 2 rings (SSSR count). The maximum atomic E-state index is 12.3. The Hall–Kier alpha value is -2.37. The van der Waals surface area contributed by atoms with E-state index >= 15 is 0 Å². The second-order valence-electron chi connectivity index (χ2n) is 6.54. The zero-order chi connectivity index (χ0) is 17.0. The van der Waals surface area contributed by atoms with Gasteiger partial charge >= 0.3 is 12.0 Å². The van der Waals surface area contributed by atoms with Crippen LogP contribution in [0.15, 0.2) is 30.3 Å². The quantitative estimate of drug-likeness (QED) is 0.664. The van der Waals surface area contributed by atoms with Gasteiger partial charge in [0, 0.05) is 0 Å². The molecule has 1 N–H and O–H groups in total. The highest BCUT2D eigenvalue weighted by Crippen LogP contribution is 2.14. The number of rotatable bonds is 5. The first-order valence-corrected chi connectivity index (χ1v) is 7.64. The molecule has 0 radical (unpaired) electrons. The van der Waals surface area contributed by atoms with E-state index in [4.69, 9.17) is 4.74 Å². The fraction of sp³-hybridized carbons (Fsp3) is 0.471. The lowest BCUT2D eigenvalue weighted by Crippen LogP contribution is -2.39. The molecular formula is C17H22N2O4. The van der Waals surface area contributed by atoms with Crippen molar-refractivity contribution >= 4 is 17.9 Å². The smallest absolute Gasteiger partial charge is 0.326 e. The number of urea groups is 1. The van der Waals surface area contributed by atoms with Crippen molar-refractivity contribution in [2.75, 3.05) is 6.54 Å². The molecule has 0 spiro atoms. The molecule has 3 amide bonds. The zero-order valence-corrected chi connectivity index (χ0v) is 13.7. The Kier molecular flexibility index (Phi) is 5.03. The number of imide groups is 1. The Morgan fingerprint density at radius 3 is 2.48 bits per heavy atom. The Balaban J connectivity index is 1.90. The van der Waals surface area contributed by atoms with Crippen LogP contribution in [0.3, 0.4) is 0 Å². The number of carbonyl (C=O) groups excluding carboxylic acids is 3. The van der Waals surface area contributed by atoms with Gasteiger partial charge in [-0.1, -0.05) is 30.3 Å². The highest BCUT2D eigenvalue weighted by atomic mass is 16.6. The monoisotopic (exact) mass is 318 g/mol. The van der Waals surface area contributed by atoms with Crippen LogP contribution in [-0.4, -0.2) is 41.0 Å². The molecule has 0 unspecified atom stereocenters. The fourth-order valence-electron chi connectivity index (χ4n) is 2.38. The van der Waals surface area contributed by atoms with Crippen LogP contribution >= 0.6 is 0 Å². The number of nitrogens with one attached hydrogen (secondary N) is 1. The molecule has 1 aliphatic heterocycles. The van der Waals surface area contributed by atoms with Gasteiger partial charge in [-0.2, -0.15) is 0 Å². The average molecular weight is 318 g/mol. The van der Waals surface area contributed by atoms with E-state index in [1.165, 1.54) is 0 Å². The van der Waals surface area contributed by atoms with Gasteiger partial charge in [-0.3, -0.25) is 14.5 Å². The molecule has 1 atom stereocenters. The number of carbonyl (C=O) groups is 3. The predicted octanol–water partition coefficient (Wildman–Crippen LogP) is 1.88. The second-order valence-corrected chi connectivity index (χ2v) is 6.54. The van der Waals surface area contributed by atoms with E-state index in [2.05, 4.69) is 5.32 Å². The van der Waals surface area contributed by atoms with E-state index in [1.54, 1.807) is 20.8 Å². The summed E-state index contributed by atoms with van der Waals surface area (Å²) in [6.07, 6.45) is 1.18. The van der Waals surface area contributed by atoms with Crippen LogP contribution in [0.1, 0.15) is 32.8 Å². The molecule has 0 aromatic heterocycles. The maximum Gasteiger partial charge on any atom is 0.326 e. The predicted molar refractivity (Wildman–Crippen MR) is 84.6 cm³/mol. The van der Waals surface area contributed by atoms with E-state index in [1.807, 2.05) is 30.3 Å². The lowest BCUT2D eigenvalue weighted by molar-refractivity contribution is -0.157. The fourth-order valence-corrected chi connectivity index (χ4v) is 2.38. The van der Waals surface area contributed by atoms with Crippen LogP contribution in [0.4, 0.5) is 4.79 Å². The van der Waals surface area contributed by atoms with Crippen molar-refractivity contribution in [3.63, 3.8) is 0 Å². The molecule has 0 saturated carbocycles. The van der Waals surface area contributed by atoms with Gasteiger partial charge in [0.25, 0.3) is 5.91 Å². The number of hydrogen-bond donors (Lipinski definition) is 1. The minimum atomic E-state index is -0.650. The molecule has 1 aromatic rings. The molecule has 124 valence electrons. The standard InChI is InChI=1S/C17H22N2O4/c1-17(2,3)23-14(20)11-19-15(21)13(18-16(19)22)10-9-12-7-5-4-6-8-12/h4-8,13H,9-11H2,1-3H3,(H,18,22)/t13-/m1/s1. The third kappa shape index (κ3) is 4.81.